The van der Waals surface area contributed by atoms with Gasteiger partial charge in [0.1, 0.15) is 0 Å². The molecule has 0 radical (unpaired) electrons. The second kappa shape index (κ2) is 8.54. The molecule has 2 N–H and O–H groups in total. The topological polar surface area (TPSA) is 44.4 Å². The molecule has 1 aliphatic rings. The van der Waals surface area contributed by atoms with Gasteiger partial charge in [-0.1, -0.05) is 13.8 Å². The zero-order chi connectivity index (χ0) is 14.3. The van der Waals surface area contributed by atoms with Crippen LogP contribution in [0.2, 0.25) is 0 Å². The van der Waals surface area contributed by atoms with Crippen LogP contribution in [0, 0.1) is 5.92 Å². The summed E-state index contributed by atoms with van der Waals surface area (Å²) >= 11 is 0. The molecule has 1 rings (SSSR count). The molecule has 0 saturated carbocycles. The van der Waals surface area contributed by atoms with Crippen molar-refractivity contribution in [3.8, 4) is 0 Å². The van der Waals surface area contributed by atoms with Gasteiger partial charge in [-0.15, -0.1) is 0 Å². The molecule has 19 heavy (non-hydrogen) atoms. The highest BCUT2D eigenvalue weighted by Gasteiger charge is 2.24. The van der Waals surface area contributed by atoms with Crippen LogP contribution in [-0.4, -0.2) is 49.6 Å². The lowest BCUT2D eigenvalue weighted by atomic mass is 9.90. The highest BCUT2D eigenvalue weighted by Crippen LogP contribution is 2.20. The fourth-order valence-electron chi connectivity index (χ4n) is 2.82. The average molecular weight is 269 g/mol. The third-order valence-electron chi connectivity index (χ3n) is 4.51. The van der Waals surface area contributed by atoms with Gasteiger partial charge in [0.05, 0.1) is 6.54 Å². The van der Waals surface area contributed by atoms with E-state index in [0.717, 1.165) is 31.8 Å². The molecule has 1 heterocycles. The minimum atomic E-state index is 0.189. The molecule has 0 aromatic rings. The summed E-state index contributed by atoms with van der Waals surface area (Å²) in [5, 5.41) is 6.45. The summed E-state index contributed by atoms with van der Waals surface area (Å²) < 4.78 is 0. The first-order chi connectivity index (χ1) is 9.10. The van der Waals surface area contributed by atoms with Crippen LogP contribution in [0.1, 0.15) is 46.5 Å². The van der Waals surface area contributed by atoms with Gasteiger partial charge in [-0.05, 0) is 58.7 Å². The average Bonchev–Trinajstić information content (AvgIpc) is 2.44. The standard InChI is InChI=1S/C15H31N3O/c1-5-14(6-2)17-15(19)11-18-9-7-13(8-10-18)12(3)16-4/h12-14,16H,5-11H2,1-4H3,(H,17,19). The quantitative estimate of drug-likeness (QED) is 0.738. The lowest BCUT2D eigenvalue weighted by Gasteiger charge is -2.34. The summed E-state index contributed by atoms with van der Waals surface area (Å²) in [5.74, 6) is 0.942. The van der Waals surface area contributed by atoms with Gasteiger partial charge in [0, 0.05) is 12.1 Å². The Morgan fingerprint density at radius 3 is 2.32 bits per heavy atom. The number of nitrogens with zero attached hydrogens (tertiary/aromatic N) is 1. The van der Waals surface area contributed by atoms with Crippen molar-refractivity contribution < 1.29 is 4.79 Å². The Balaban J connectivity index is 2.27. The first-order valence-corrected chi connectivity index (χ1v) is 7.79. The Morgan fingerprint density at radius 1 is 1.26 bits per heavy atom. The lowest BCUT2D eigenvalue weighted by molar-refractivity contribution is -0.123. The van der Waals surface area contributed by atoms with Crippen molar-refractivity contribution in [3.63, 3.8) is 0 Å². The van der Waals surface area contributed by atoms with Crippen molar-refractivity contribution in [2.24, 2.45) is 5.92 Å². The van der Waals surface area contributed by atoms with Crippen molar-refractivity contribution >= 4 is 5.91 Å². The third-order valence-corrected chi connectivity index (χ3v) is 4.51. The number of hydrogen-bond acceptors (Lipinski definition) is 3. The smallest absolute Gasteiger partial charge is 0.234 e. The largest absolute Gasteiger partial charge is 0.352 e. The summed E-state index contributed by atoms with van der Waals surface area (Å²) in [4.78, 5) is 14.2. The molecule has 0 bridgehead atoms. The molecule has 4 heteroatoms. The second-order valence-corrected chi connectivity index (χ2v) is 5.77. The molecule has 112 valence electrons. The van der Waals surface area contributed by atoms with Crippen molar-refractivity contribution in [2.75, 3.05) is 26.7 Å². The molecule has 1 amide bonds. The van der Waals surface area contributed by atoms with E-state index in [4.69, 9.17) is 0 Å². The van der Waals surface area contributed by atoms with Crippen molar-refractivity contribution in [1.82, 2.24) is 15.5 Å². The van der Waals surface area contributed by atoms with Crippen molar-refractivity contribution in [3.05, 3.63) is 0 Å². The van der Waals surface area contributed by atoms with Gasteiger partial charge in [-0.25, -0.2) is 0 Å². The molecule has 0 spiro atoms. The van der Waals surface area contributed by atoms with E-state index in [1.54, 1.807) is 0 Å². The molecule has 4 nitrogen and oxygen atoms in total. The molecule has 1 fully saturated rings. The van der Waals surface area contributed by atoms with Gasteiger partial charge in [0.2, 0.25) is 5.91 Å². The predicted octanol–water partition coefficient (Wildman–Crippen LogP) is 1.61. The Bertz CT molecular complexity index is 258. The molecule has 0 aromatic carbocycles. The Kier molecular flexibility index (Phi) is 7.39. The fraction of sp³-hybridized carbons (Fsp3) is 0.933. The summed E-state index contributed by atoms with van der Waals surface area (Å²) in [6.45, 7) is 9.16. The van der Waals surface area contributed by atoms with Gasteiger partial charge in [-0.2, -0.15) is 0 Å². The maximum Gasteiger partial charge on any atom is 0.234 e. The SMILES string of the molecule is CCC(CC)NC(=O)CN1CCC(C(C)NC)CC1. The molecule has 0 aromatic heterocycles. The number of amides is 1. The normalized spacial score (nSPS) is 19.6. The molecule has 1 saturated heterocycles. The van der Waals surface area contributed by atoms with E-state index >= 15 is 0 Å². The van der Waals surface area contributed by atoms with Crippen LogP contribution in [0.4, 0.5) is 0 Å². The van der Waals surface area contributed by atoms with Gasteiger partial charge in [0.25, 0.3) is 0 Å². The minimum Gasteiger partial charge on any atom is -0.352 e. The highest BCUT2D eigenvalue weighted by atomic mass is 16.2. The number of carbonyl (C=O) groups is 1. The predicted molar refractivity (Wildman–Crippen MR) is 80.2 cm³/mol. The van der Waals surface area contributed by atoms with Crippen LogP contribution >= 0.6 is 0 Å². The Labute approximate surface area is 118 Å². The van der Waals surface area contributed by atoms with Gasteiger partial charge < -0.3 is 10.6 Å². The fourth-order valence-corrected chi connectivity index (χ4v) is 2.82. The highest BCUT2D eigenvalue weighted by molar-refractivity contribution is 5.78. The second-order valence-electron chi connectivity index (χ2n) is 5.77. The third kappa shape index (κ3) is 5.49. The van der Waals surface area contributed by atoms with Gasteiger partial charge in [-0.3, -0.25) is 9.69 Å². The van der Waals surface area contributed by atoms with E-state index < -0.39 is 0 Å². The van der Waals surface area contributed by atoms with Crippen molar-refractivity contribution in [2.45, 2.75) is 58.5 Å². The van der Waals surface area contributed by atoms with E-state index in [2.05, 4.69) is 36.3 Å². The number of likely N-dealkylation sites (tertiary alicyclic amines) is 1. The zero-order valence-corrected chi connectivity index (χ0v) is 13.0. The summed E-state index contributed by atoms with van der Waals surface area (Å²) in [6, 6.07) is 0.926. The van der Waals surface area contributed by atoms with Crippen LogP contribution in [0.3, 0.4) is 0 Å². The summed E-state index contributed by atoms with van der Waals surface area (Å²) in [6.07, 6.45) is 4.43. The number of rotatable bonds is 7. The van der Waals surface area contributed by atoms with Crippen LogP contribution in [0.15, 0.2) is 0 Å². The van der Waals surface area contributed by atoms with Crippen LogP contribution in [0.5, 0.6) is 0 Å². The van der Waals surface area contributed by atoms with E-state index in [0.29, 0.717) is 18.6 Å². The number of hydrogen-bond donors (Lipinski definition) is 2. The van der Waals surface area contributed by atoms with Crippen molar-refractivity contribution in [1.29, 1.82) is 0 Å². The van der Waals surface area contributed by atoms with Crippen LogP contribution in [-0.2, 0) is 4.79 Å². The van der Waals surface area contributed by atoms with E-state index in [9.17, 15) is 4.79 Å². The monoisotopic (exact) mass is 269 g/mol. The summed E-state index contributed by atoms with van der Waals surface area (Å²) in [7, 11) is 2.03. The minimum absolute atomic E-state index is 0.189. The first kappa shape index (κ1) is 16.4. The van der Waals surface area contributed by atoms with E-state index in [-0.39, 0.29) is 5.91 Å². The van der Waals surface area contributed by atoms with Gasteiger partial charge in [0.15, 0.2) is 0 Å². The number of piperidine rings is 1. The van der Waals surface area contributed by atoms with Crippen LogP contribution in [0.25, 0.3) is 0 Å². The number of nitrogens with one attached hydrogen (secondary N) is 2. The first-order valence-electron chi connectivity index (χ1n) is 7.79. The molecular weight excluding hydrogens is 238 g/mol. The lowest BCUT2D eigenvalue weighted by Crippen LogP contribution is -2.46. The molecule has 1 atom stereocenters. The summed E-state index contributed by atoms with van der Waals surface area (Å²) in [5.41, 5.74) is 0. The molecule has 0 aliphatic carbocycles. The zero-order valence-electron chi connectivity index (χ0n) is 13.0. The maximum absolute atomic E-state index is 11.9. The molecule has 1 aliphatic heterocycles. The molecular formula is C15H31N3O. The number of carbonyl (C=O) groups excluding carboxylic acids is 1. The van der Waals surface area contributed by atoms with E-state index in [1.165, 1.54) is 12.8 Å². The van der Waals surface area contributed by atoms with E-state index in [1.807, 2.05) is 7.05 Å². The molecule has 1 unspecified atom stereocenters. The maximum atomic E-state index is 11.9. The Morgan fingerprint density at radius 2 is 1.84 bits per heavy atom. The van der Waals surface area contributed by atoms with Gasteiger partial charge >= 0.3 is 0 Å². The Hall–Kier alpha value is -0.610. The van der Waals surface area contributed by atoms with Crippen LogP contribution < -0.4 is 10.6 Å².